The van der Waals surface area contributed by atoms with Crippen LogP contribution in [0.4, 0.5) is 17.6 Å². The highest BCUT2D eigenvalue weighted by atomic mass is 19.4. The molecule has 158 valence electrons. The van der Waals surface area contributed by atoms with E-state index in [4.69, 9.17) is 4.74 Å². The van der Waals surface area contributed by atoms with Crippen LogP contribution in [-0.2, 0) is 4.79 Å². The van der Waals surface area contributed by atoms with E-state index < -0.39 is 12.5 Å². The lowest BCUT2D eigenvalue weighted by atomic mass is 9.80. The summed E-state index contributed by atoms with van der Waals surface area (Å²) in [6, 6.07) is 4.90. The van der Waals surface area contributed by atoms with Crippen LogP contribution in [0.25, 0.3) is 0 Å². The van der Waals surface area contributed by atoms with Gasteiger partial charge in [0.15, 0.2) is 0 Å². The molecule has 1 aromatic carbocycles. The molecular formula is C21H28F4O3. The fourth-order valence-electron chi connectivity index (χ4n) is 3.52. The lowest BCUT2D eigenvalue weighted by Crippen LogP contribution is -2.29. The maximum Gasteiger partial charge on any atom is 0.457 e. The van der Waals surface area contributed by atoms with Gasteiger partial charge in [0.05, 0.1) is 5.92 Å². The van der Waals surface area contributed by atoms with E-state index in [0.717, 1.165) is 37.8 Å². The lowest BCUT2D eigenvalue weighted by molar-refractivity contribution is -0.236. The van der Waals surface area contributed by atoms with Gasteiger partial charge in [0.1, 0.15) is 11.5 Å². The number of benzene rings is 1. The number of esters is 1. The van der Waals surface area contributed by atoms with E-state index in [-0.39, 0.29) is 23.4 Å². The van der Waals surface area contributed by atoms with Crippen LogP contribution in [0.15, 0.2) is 24.3 Å². The van der Waals surface area contributed by atoms with Crippen LogP contribution in [0.1, 0.15) is 64.7 Å². The molecule has 7 heteroatoms. The Hall–Kier alpha value is -1.79. The second-order valence-electron chi connectivity index (χ2n) is 7.43. The molecular weight excluding hydrogens is 376 g/mol. The molecule has 0 heterocycles. The molecule has 0 bridgehead atoms. The van der Waals surface area contributed by atoms with Gasteiger partial charge in [-0.2, -0.15) is 17.6 Å². The number of alkyl halides is 4. The number of rotatable bonds is 9. The number of halogens is 4. The zero-order valence-corrected chi connectivity index (χ0v) is 16.1. The van der Waals surface area contributed by atoms with E-state index >= 15 is 0 Å². The van der Waals surface area contributed by atoms with Crippen molar-refractivity contribution in [1.82, 2.24) is 0 Å². The van der Waals surface area contributed by atoms with Gasteiger partial charge >= 0.3 is 18.5 Å². The Morgan fingerprint density at radius 1 is 1.04 bits per heavy atom. The first kappa shape index (κ1) is 22.5. The second kappa shape index (κ2) is 10.7. The molecule has 0 aromatic heterocycles. The third kappa shape index (κ3) is 7.32. The first-order chi connectivity index (χ1) is 13.3. The van der Waals surface area contributed by atoms with Gasteiger partial charge in [-0.25, -0.2) is 0 Å². The number of ether oxygens (including phenoxy) is 2. The average molecular weight is 404 g/mol. The molecule has 1 atom stereocenters. The van der Waals surface area contributed by atoms with Crippen molar-refractivity contribution in [3.63, 3.8) is 0 Å². The molecule has 1 fully saturated rings. The quantitative estimate of drug-likeness (QED) is 0.201. The van der Waals surface area contributed by atoms with Gasteiger partial charge in [0.25, 0.3) is 0 Å². The Bertz CT molecular complexity index is 593. The van der Waals surface area contributed by atoms with Gasteiger partial charge in [-0.05, 0) is 55.9 Å². The van der Waals surface area contributed by atoms with Gasteiger partial charge < -0.3 is 9.47 Å². The Kier molecular flexibility index (Phi) is 8.58. The second-order valence-corrected chi connectivity index (χ2v) is 7.43. The number of carbonyl (C=O) groups excluding carboxylic acids is 1. The first-order valence-electron chi connectivity index (χ1n) is 9.98. The van der Waals surface area contributed by atoms with Crippen LogP contribution in [0, 0.1) is 11.8 Å². The smallest absolute Gasteiger partial charge is 0.452 e. The monoisotopic (exact) mass is 404 g/mol. The topological polar surface area (TPSA) is 35.5 Å². The molecule has 1 aromatic rings. The zero-order chi connectivity index (χ0) is 20.6. The lowest BCUT2D eigenvalue weighted by Gasteiger charge is -2.27. The number of hydrogen-bond donors (Lipinski definition) is 0. The normalized spacial score (nSPS) is 21.2. The molecule has 3 nitrogen and oxygen atoms in total. The van der Waals surface area contributed by atoms with E-state index in [0.29, 0.717) is 5.92 Å². The molecule has 1 aliphatic rings. The summed E-state index contributed by atoms with van der Waals surface area (Å²) >= 11 is 0. The zero-order valence-electron chi connectivity index (χ0n) is 16.1. The summed E-state index contributed by atoms with van der Waals surface area (Å²) in [7, 11) is 0. The highest BCUT2D eigenvalue weighted by molar-refractivity contribution is 5.75. The largest absolute Gasteiger partial charge is 0.457 e. The minimum Gasteiger partial charge on any atom is -0.452 e. The number of carbonyl (C=O) groups is 1. The van der Waals surface area contributed by atoms with Gasteiger partial charge in [0.2, 0.25) is 0 Å². The maximum atomic E-state index is 12.9. The molecule has 0 spiro atoms. The minimum absolute atomic E-state index is 0.150. The summed E-state index contributed by atoms with van der Waals surface area (Å²) in [4.78, 5) is 12.3. The fraction of sp³-hybridized carbons (Fsp3) is 0.667. The summed E-state index contributed by atoms with van der Waals surface area (Å²) in [5.74, 6) is 0.134. The Labute approximate surface area is 163 Å². The number of hydrogen-bond acceptors (Lipinski definition) is 3. The van der Waals surface area contributed by atoms with Crippen molar-refractivity contribution in [3.8, 4) is 11.5 Å². The van der Waals surface area contributed by atoms with Crippen LogP contribution in [0.2, 0.25) is 0 Å². The van der Waals surface area contributed by atoms with E-state index in [2.05, 4.69) is 11.7 Å². The predicted octanol–water partition coefficient (Wildman–Crippen LogP) is 6.61. The van der Waals surface area contributed by atoms with Crippen molar-refractivity contribution in [3.05, 3.63) is 24.3 Å². The Morgan fingerprint density at radius 3 is 2.21 bits per heavy atom. The highest BCUT2D eigenvalue weighted by Gasteiger charge is 2.42. The Morgan fingerprint density at radius 2 is 1.64 bits per heavy atom. The molecule has 1 unspecified atom stereocenters. The maximum absolute atomic E-state index is 12.9. The van der Waals surface area contributed by atoms with Crippen LogP contribution in [0.5, 0.6) is 11.5 Å². The van der Waals surface area contributed by atoms with E-state index in [1.54, 1.807) is 0 Å². The minimum atomic E-state index is -5.08. The van der Waals surface area contributed by atoms with E-state index in [9.17, 15) is 22.4 Å². The van der Waals surface area contributed by atoms with Gasteiger partial charge in [-0.1, -0.05) is 39.0 Å². The van der Waals surface area contributed by atoms with Crippen LogP contribution in [-0.4, -0.2) is 18.5 Å². The molecule has 28 heavy (non-hydrogen) atoms. The van der Waals surface area contributed by atoms with Gasteiger partial charge in [-0.15, -0.1) is 0 Å². The number of unbranched alkanes of at least 4 members (excludes halogenated alkanes) is 3. The summed E-state index contributed by atoms with van der Waals surface area (Å²) in [6.07, 6.45) is 1.40. The summed E-state index contributed by atoms with van der Waals surface area (Å²) in [6.45, 7) is 2.19. The van der Waals surface area contributed by atoms with Crippen LogP contribution >= 0.6 is 0 Å². The molecule has 1 aliphatic carbocycles. The molecule has 0 aliphatic heterocycles. The van der Waals surface area contributed by atoms with E-state index in [1.165, 1.54) is 44.2 Å². The SMILES string of the molecule is CCCCCC[C@H]1CC[C@H](C(=O)Oc2ccc(OC(F)C(F)(F)F)cc2)CC1. The first-order valence-corrected chi connectivity index (χ1v) is 9.98. The van der Waals surface area contributed by atoms with Gasteiger partial charge in [-0.3, -0.25) is 4.79 Å². The summed E-state index contributed by atoms with van der Waals surface area (Å²) in [5.41, 5.74) is 0. The molecule has 0 amide bonds. The summed E-state index contributed by atoms with van der Waals surface area (Å²) in [5, 5.41) is 0. The molecule has 0 radical (unpaired) electrons. The third-order valence-electron chi connectivity index (χ3n) is 5.19. The predicted molar refractivity (Wildman–Crippen MR) is 97.9 cm³/mol. The Balaban J connectivity index is 1.74. The van der Waals surface area contributed by atoms with Crippen LogP contribution < -0.4 is 9.47 Å². The standard InChI is InChI=1S/C21H28F4O3/c1-2-3-4-5-6-15-7-9-16(10-8-15)19(26)27-17-11-13-18(14-12-17)28-20(22)21(23,24)25/h11-16,20H,2-10H2,1H3/t15-,16-,20?. The molecule has 0 saturated heterocycles. The van der Waals surface area contributed by atoms with Crippen LogP contribution in [0.3, 0.4) is 0 Å². The van der Waals surface area contributed by atoms with Crippen molar-refractivity contribution in [2.24, 2.45) is 11.8 Å². The molecule has 2 rings (SSSR count). The average Bonchev–Trinajstić information content (AvgIpc) is 2.66. The van der Waals surface area contributed by atoms with Gasteiger partial charge in [0, 0.05) is 0 Å². The third-order valence-corrected chi connectivity index (χ3v) is 5.19. The van der Waals surface area contributed by atoms with Crippen molar-refractivity contribution in [1.29, 1.82) is 0 Å². The molecule has 0 N–H and O–H groups in total. The van der Waals surface area contributed by atoms with E-state index in [1.807, 2.05) is 0 Å². The highest BCUT2D eigenvalue weighted by Crippen LogP contribution is 2.33. The van der Waals surface area contributed by atoms with Crippen molar-refractivity contribution in [2.75, 3.05) is 0 Å². The fourth-order valence-corrected chi connectivity index (χ4v) is 3.52. The molecule has 1 saturated carbocycles. The van der Waals surface area contributed by atoms with Crippen molar-refractivity contribution in [2.45, 2.75) is 77.2 Å². The van der Waals surface area contributed by atoms with Crippen molar-refractivity contribution < 1.29 is 31.8 Å². The van der Waals surface area contributed by atoms with Crippen molar-refractivity contribution >= 4 is 5.97 Å². The summed E-state index contributed by atoms with van der Waals surface area (Å²) < 4.78 is 58.8.